The van der Waals surface area contributed by atoms with Crippen LogP contribution in [0.1, 0.15) is 25.1 Å². The summed E-state index contributed by atoms with van der Waals surface area (Å²) in [5.41, 5.74) is 1.25. The highest BCUT2D eigenvalue weighted by atomic mass is 16.7. The normalized spacial score (nSPS) is 22.8. The summed E-state index contributed by atoms with van der Waals surface area (Å²) in [4.78, 5) is 34.0. The van der Waals surface area contributed by atoms with Gasteiger partial charge in [-0.3, -0.25) is 14.4 Å². The van der Waals surface area contributed by atoms with E-state index in [1.807, 2.05) is 37.3 Å². The van der Waals surface area contributed by atoms with Gasteiger partial charge in [-0.1, -0.05) is 25.1 Å². The molecule has 0 radical (unpaired) electrons. The summed E-state index contributed by atoms with van der Waals surface area (Å²) in [6, 6.07) is 19.4. The molecular formula is C24H22N2O5. The third kappa shape index (κ3) is 3.27. The lowest BCUT2D eigenvalue weighted by Gasteiger charge is -2.27. The molecule has 0 unspecified atom stereocenters. The molecule has 3 atom stereocenters. The fourth-order valence-electron chi connectivity index (χ4n) is 4.13. The van der Waals surface area contributed by atoms with Crippen LogP contribution < -0.4 is 14.7 Å². The Morgan fingerprint density at radius 1 is 0.903 bits per heavy atom. The maximum absolute atomic E-state index is 13.5. The van der Waals surface area contributed by atoms with E-state index in [0.717, 1.165) is 12.1 Å². The van der Waals surface area contributed by atoms with Gasteiger partial charge in [0.25, 0.3) is 5.91 Å². The summed E-state index contributed by atoms with van der Waals surface area (Å²) in [5, 5.41) is 1.61. The molecule has 31 heavy (non-hydrogen) atoms. The third-order valence-electron chi connectivity index (χ3n) is 5.53. The molecule has 7 heteroatoms. The molecule has 2 saturated heterocycles. The highest BCUT2D eigenvalue weighted by Crippen LogP contribution is 2.47. The zero-order chi connectivity index (χ0) is 21.4. The van der Waals surface area contributed by atoms with Crippen LogP contribution in [0, 0.1) is 5.92 Å². The Bertz CT molecular complexity index is 1070. The molecule has 0 aliphatic carbocycles. The lowest BCUT2D eigenvalue weighted by atomic mass is 9.94. The Balaban J connectivity index is 1.47. The molecule has 3 aromatic rings. The number of benzene rings is 2. The minimum Gasteiger partial charge on any atom is -0.494 e. The van der Waals surface area contributed by atoms with Gasteiger partial charge in [-0.25, -0.2) is 9.96 Å². The molecule has 0 bridgehead atoms. The molecule has 2 aliphatic heterocycles. The van der Waals surface area contributed by atoms with Gasteiger partial charge in [0.05, 0.1) is 24.2 Å². The molecule has 7 nitrogen and oxygen atoms in total. The second-order valence-corrected chi connectivity index (χ2v) is 7.53. The number of para-hydroxylation sites is 1. The lowest BCUT2D eigenvalue weighted by molar-refractivity contribution is -0.126. The number of nitrogens with zero attached hydrogens (tertiary/aromatic N) is 2. The average Bonchev–Trinajstić information content (AvgIpc) is 3.51. The predicted molar refractivity (Wildman–Crippen MR) is 113 cm³/mol. The van der Waals surface area contributed by atoms with E-state index in [9.17, 15) is 9.59 Å². The van der Waals surface area contributed by atoms with E-state index in [2.05, 4.69) is 0 Å². The number of carbonyl (C=O) groups excluding carboxylic acids is 2. The molecule has 1 aromatic heterocycles. The van der Waals surface area contributed by atoms with Crippen molar-refractivity contribution in [2.45, 2.75) is 25.5 Å². The number of fused-ring (bicyclic) bond motifs is 1. The van der Waals surface area contributed by atoms with E-state index in [-0.39, 0.29) is 11.8 Å². The second-order valence-electron chi connectivity index (χ2n) is 7.53. The quantitative estimate of drug-likeness (QED) is 0.561. The van der Waals surface area contributed by atoms with Crippen molar-refractivity contribution in [3.63, 3.8) is 0 Å². The van der Waals surface area contributed by atoms with E-state index in [1.165, 1.54) is 4.90 Å². The third-order valence-corrected chi connectivity index (χ3v) is 5.53. The molecule has 3 heterocycles. The highest BCUT2D eigenvalue weighted by molar-refractivity contribution is 6.23. The van der Waals surface area contributed by atoms with Gasteiger partial charge in [-0.15, -0.1) is 0 Å². The van der Waals surface area contributed by atoms with Crippen LogP contribution in [0.15, 0.2) is 77.4 Å². The summed E-state index contributed by atoms with van der Waals surface area (Å²) >= 11 is 0. The van der Waals surface area contributed by atoms with Crippen LogP contribution in [0.4, 0.5) is 11.4 Å². The molecule has 0 saturated carbocycles. The molecule has 158 valence electrons. The minimum absolute atomic E-state index is 0.308. The SMILES string of the molecule is CCCOc1ccc(N2C(=O)[C@@H]3[C@H](ON(c4ccccc4)[C@@H]3c3ccco3)C2=O)cc1. The van der Waals surface area contributed by atoms with Crippen molar-refractivity contribution in [3.05, 3.63) is 78.8 Å². The van der Waals surface area contributed by atoms with Gasteiger partial charge in [0.1, 0.15) is 23.5 Å². The highest BCUT2D eigenvalue weighted by Gasteiger charge is 2.61. The smallest absolute Gasteiger partial charge is 0.266 e. The lowest BCUT2D eigenvalue weighted by Crippen LogP contribution is -2.37. The number of hydroxylamine groups is 1. The Hall–Kier alpha value is -3.58. The van der Waals surface area contributed by atoms with Crippen molar-refractivity contribution >= 4 is 23.2 Å². The molecular weight excluding hydrogens is 396 g/mol. The summed E-state index contributed by atoms with van der Waals surface area (Å²) in [5.74, 6) is -0.133. The van der Waals surface area contributed by atoms with Gasteiger partial charge in [0, 0.05) is 0 Å². The number of rotatable bonds is 6. The van der Waals surface area contributed by atoms with Crippen LogP contribution in [0.2, 0.25) is 0 Å². The summed E-state index contributed by atoms with van der Waals surface area (Å²) < 4.78 is 11.2. The predicted octanol–water partition coefficient (Wildman–Crippen LogP) is 4.12. The molecule has 0 N–H and O–H groups in total. The Morgan fingerprint density at radius 2 is 1.68 bits per heavy atom. The fourth-order valence-corrected chi connectivity index (χ4v) is 4.13. The number of carbonyl (C=O) groups is 2. The summed E-state index contributed by atoms with van der Waals surface area (Å²) in [6.45, 7) is 2.64. The van der Waals surface area contributed by atoms with Crippen LogP contribution in [0.25, 0.3) is 0 Å². The number of furan rings is 1. The minimum atomic E-state index is -0.918. The number of anilines is 2. The van der Waals surface area contributed by atoms with E-state index in [0.29, 0.717) is 23.8 Å². The number of hydrogen-bond acceptors (Lipinski definition) is 6. The van der Waals surface area contributed by atoms with E-state index < -0.39 is 18.1 Å². The van der Waals surface area contributed by atoms with Crippen LogP contribution in [-0.2, 0) is 14.4 Å². The van der Waals surface area contributed by atoms with E-state index in [1.54, 1.807) is 47.7 Å². The van der Waals surface area contributed by atoms with Crippen molar-refractivity contribution in [2.24, 2.45) is 5.92 Å². The van der Waals surface area contributed by atoms with Gasteiger partial charge in [-0.2, -0.15) is 0 Å². The first kappa shape index (κ1) is 19.4. The molecule has 5 rings (SSSR count). The Morgan fingerprint density at radius 3 is 2.35 bits per heavy atom. The van der Waals surface area contributed by atoms with Crippen LogP contribution in [0.3, 0.4) is 0 Å². The van der Waals surface area contributed by atoms with Gasteiger partial charge < -0.3 is 9.15 Å². The monoisotopic (exact) mass is 418 g/mol. The zero-order valence-electron chi connectivity index (χ0n) is 17.0. The first-order valence-electron chi connectivity index (χ1n) is 10.3. The molecule has 2 amide bonds. The van der Waals surface area contributed by atoms with Crippen molar-refractivity contribution in [1.82, 2.24) is 0 Å². The maximum Gasteiger partial charge on any atom is 0.266 e. The van der Waals surface area contributed by atoms with Gasteiger partial charge >= 0.3 is 0 Å². The van der Waals surface area contributed by atoms with Crippen molar-refractivity contribution in [3.8, 4) is 5.75 Å². The number of imide groups is 1. The van der Waals surface area contributed by atoms with Gasteiger partial charge in [0.15, 0.2) is 6.10 Å². The largest absolute Gasteiger partial charge is 0.494 e. The number of ether oxygens (including phenoxy) is 1. The maximum atomic E-state index is 13.5. The molecule has 2 aliphatic rings. The Kier molecular flexibility index (Phi) is 4.95. The topological polar surface area (TPSA) is 72.2 Å². The second kappa shape index (κ2) is 7.92. The van der Waals surface area contributed by atoms with Gasteiger partial charge in [-0.05, 0) is 55.0 Å². The fraction of sp³-hybridized carbons (Fsp3) is 0.250. The van der Waals surface area contributed by atoms with Crippen molar-refractivity contribution in [2.75, 3.05) is 16.6 Å². The zero-order valence-corrected chi connectivity index (χ0v) is 17.0. The molecule has 2 aromatic carbocycles. The summed E-state index contributed by atoms with van der Waals surface area (Å²) in [6.07, 6.45) is 1.54. The van der Waals surface area contributed by atoms with Crippen molar-refractivity contribution < 1.29 is 23.6 Å². The van der Waals surface area contributed by atoms with E-state index >= 15 is 0 Å². The van der Waals surface area contributed by atoms with Crippen molar-refractivity contribution in [1.29, 1.82) is 0 Å². The van der Waals surface area contributed by atoms with E-state index in [4.69, 9.17) is 14.0 Å². The number of amides is 2. The van der Waals surface area contributed by atoms with Crippen LogP contribution in [0.5, 0.6) is 5.75 Å². The van der Waals surface area contributed by atoms with Crippen LogP contribution >= 0.6 is 0 Å². The average molecular weight is 418 g/mol. The van der Waals surface area contributed by atoms with Gasteiger partial charge in [0.2, 0.25) is 5.91 Å². The summed E-state index contributed by atoms with van der Waals surface area (Å²) in [7, 11) is 0. The first-order chi connectivity index (χ1) is 15.2. The standard InChI is InChI=1S/C24H22N2O5/c1-2-14-29-18-12-10-16(11-13-18)25-23(27)20-21(19-9-6-15-30-19)26(31-22(20)24(25)28)17-7-4-3-5-8-17/h3-13,15,20-22H,2,14H2,1H3/t20-,21+,22-/m0/s1. The van der Waals surface area contributed by atoms with Crippen LogP contribution in [-0.4, -0.2) is 24.5 Å². The Labute approximate surface area is 179 Å². The molecule has 0 spiro atoms. The molecule has 2 fully saturated rings. The first-order valence-corrected chi connectivity index (χ1v) is 10.3. The number of hydrogen-bond donors (Lipinski definition) is 0.